The topological polar surface area (TPSA) is 92.3 Å². The molecule has 9 nitrogen and oxygen atoms in total. The van der Waals surface area contributed by atoms with Crippen LogP contribution in [0.4, 0.5) is 5.82 Å². The van der Waals surface area contributed by atoms with Gasteiger partial charge in [-0.1, -0.05) is 12.1 Å². The zero-order chi connectivity index (χ0) is 24.5. The summed E-state index contributed by atoms with van der Waals surface area (Å²) in [5.41, 5.74) is 1.96. The molecular weight excluding hydrogens is 454 g/mol. The van der Waals surface area contributed by atoms with Gasteiger partial charge in [0.1, 0.15) is 12.4 Å². The van der Waals surface area contributed by atoms with E-state index in [0.29, 0.717) is 24.5 Å². The normalized spacial score (nSPS) is 27.2. The van der Waals surface area contributed by atoms with Gasteiger partial charge in [0.05, 0.1) is 42.5 Å². The van der Waals surface area contributed by atoms with E-state index in [9.17, 15) is 5.26 Å². The van der Waals surface area contributed by atoms with Crippen LogP contribution >= 0.6 is 0 Å². The van der Waals surface area contributed by atoms with E-state index in [2.05, 4.69) is 41.0 Å². The van der Waals surface area contributed by atoms with Gasteiger partial charge in [0, 0.05) is 44.2 Å². The van der Waals surface area contributed by atoms with Crippen LogP contribution in [-0.4, -0.2) is 76.7 Å². The predicted molar refractivity (Wildman–Crippen MR) is 134 cm³/mol. The van der Waals surface area contributed by atoms with Gasteiger partial charge in [0.25, 0.3) is 0 Å². The van der Waals surface area contributed by atoms with Gasteiger partial charge in [-0.05, 0) is 43.2 Å². The average molecular weight is 486 g/mol. The van der Waals surface area contributed by atoms with Crippen LogP contribution in [0.25, 0.3) is 16.7 Å². The van der Waals surface area contributed by atoms with Gasteiger partial charge in [0.2, 0.25) is 0 Å². The van der Waals surface area contributed by atoms with Crippen LogP contribution in [0, 0.1) is 16.7 Å². The molecule has 1 aromatic carbocycles. The van der Waals surface area contributed by atoms with E-state index in [4.69, 9.17) is 24.5 Å². The first-order chi connectivity index (χ1) is 17.6. The summed E-state index contributed by atoms with van der Waals surface area (Å²) in [6, 6.07) is 12.0. The Morgan fingerprint density at radius 3 is 2.67 bits per heavy atom. The summed E-state index contributed by atoms with van der Waals surface area (Å²) in [7, 11) is 1.66. The fourth-order valence-electron chi connectivity index (χ4n) is 6.39. The number of benzene rings is 1. The minimum absolute atomic E-state index is 0.221. The highest BCUT2D eigenvalue weighted by molar-refractivity contribution is 5.82. The van der Waals surface area contributed by atoms with Crippen molar-refractivity contribution in [3.8, 4) is 11.9 Å². The smallest absolute Gasteiger partial charge is 0.159 e. The molecule has 2 saturated heterocycles. The Kier molecular flexibility index (Phi) is 4.91. The Hall–Kier alpha value is -3.06. The molecule has 0 amide bonds. The summed E-state index contributed by atoms with van der Waals surface area (Å²) < 4.78 is 12.7. The first-order valence-electron chi connectivity index (χ1n) is 12.9. The van der Waals surface area contributed by atoms with Crippen LogP contribution in [0.1, 0.15) is 37.6 Å². The molecule has 4 heterocycles. The summed E-state index contributed by atoms with van der Waals surface area (Å²) in [6.45, 7) is 7.07. The molecule has 36 heavy (non-hydrogen) atoms. The molecule has 186 valence electrons. The third kappa shape index (κ3) is 3.28. The second-order valence-corrected chi connectivity index (χ2v) is 11.0. The van der Waals surface area contributed by atoms with Gasteiger partial charge in [-0.3, -0.25) is 4.90 Å². The van der Waals surface area contributed by atoms with Crippen molar-refractivity contribution in [3.05, 3.63) is 41.9 Å². The number of piperazine rings is 1. The van der Waals surface area contributed by atoms with Crippen molar-refractivity contribution in [1.82, 2.24) is 24.6 Å². The highest BCUT2D eigenvalue weighted by Gasteiger charge is 2.75. The van der Waals surface area contributed by atoms with Crippen LogP contribution in [0.3, 0.4) is 0 Å². The average Bonchev–Trinajstić information content (AvgIpc) is 3.73. The highest BCUT2D eigenvalue weighted by atomic mass is 16.5. The summed E-state index contributed by atoms with van der Waals surface area (Å²) >= 11 is 0. The molecular formula is C27H31N7O2. The Morgan fingerprint density at radius 2 is 2.00 bits per heavy atom. The predicted octanol–water partition coefficient (Wildman–Crippen LogP) is 2.82. The second-order valence-electron chi connectivity index (χ2n) is 11.0. The number of hydrogen-bond acceptors (Lipinski definition) is 8. The zero-order valence-corrected chi connectivity index (χ0v) is 20.9. The number of hydrogen-bond donors (Lipinski definition) is 0. The molecule has 1 spiro atoms. The lowest BCUT2D eigenvalue weighted by Gasteiger charge is -2.46. The van der Waals surface area contributed by atoms with Gasteiger partial charge >= 0.3 is 0 Å². The molecule has 2 atom stereocenters. The van der Waals surface area contributed by atoms with Gasteiger partial charge < -0.3 is 14.4 Å². The molecule has 2 aliphatic carbocycles. The Morgan fingerprint density at radius 1 is 1.17 bits per heavy atom. The first kappa shape index (κ1) is 22.2. The summed E-state index contributed by atoms with van der Waals surface area (Å²) in [5, 5.41) is 15.8. The molecule has 2 saturated carbocycles. The zero-order valence-electron chi connectivity index (χ0n) is 20.9. The largest absolute Gasteiger partial charge is 0.378 e. The van der Waals surface area contributed by atoms with Crippen molar-refractivity contribution in [1.29, 1.82) is 5.26 Å². The van der Waals surface area contributed by atoms with Crippen molar-refractivity contribution in [2.75, 3.05) is 44.9 Å². The third-order valence-corrected chi connectivity index (χ3v) is 8.82. The van der Waals surface area contributed by atoms with Crippen LogP contribution in [-0.2, 0) is 21.5 Å². The monoisotopic (exact) mass is 485 g/mol. The van der Waals surface area contributed by atoms with Crippen LogP contribution < -0.4 is 4.90 Å². The first-order valence-corrected chi connectivity index (χ1v) is 12.9. The van der Waals surface area contributed by atoms with Crippen molar-refractivity contribution < 1.29 is 9.47 Å². The SMILES string of the molecule is COCc1nc(N2CCN(C3COC3)[C@H](C)C2)cc(-n2ncc3ccc([C@]4(C#N)CC45CC5)cc32)n1. The fourth-order valence-corrected chi connectivity index (χ4v) is 6.39. The summed E-state index contributed by atoms with van der Waals surface area (Å²) in [5.74, 6) is 2.26. The van der Waals surface area contributed by atoms with Crippen molar-refractivity contribution in [3.63, 3.8) is 0 Å². The lowest BCUT2D eigenvalue weighted by Crippen LogP contribution is -2.60. The maximum atomic E-state index is 10.0. The molecule has 2 aliphatic heterocycles. The molecule has 2 aromatic heterocycles. The third-order valence-electron chi connectivity index (χ3n) is 8.82. The number of rotatable bonds is 6. The molecule has 0 radical (unpaired) electrons. The van der Waals surface area contributed by atoms with Gasteiger partial charge in [-0.2, -0.15) is 10.4 Å². The number of methoxy groups -OCH3 is 1. The van der Waals surface area contributed by atoms with Crippen LogP contribution in [0.5, 0.6) is 0 Å². The van der Waals surface area contributed by atoms with E-state index in [1.807, 2.05) is 16.9 Å². The molecule has 0 N–H and O–H groups in total. The minimum atomic E-state index is -0.338. The van der Waals surface area contributed by atoms with E-state index in [1.165, 1.54) is 0 Å². The molecule has 3 aromatic rings. The molecule has 4 fully saturated rings. The maximum Gasteiger partial charge on any atom is 0.159 e. The molecule has 4 aliphatic rings. The minimum Gasteiger partial charge on any atom is -0.378 e. The lowest BCUT2D eigenvalue weighted by molar-refractivity contribution is -0.0793. The van der Waals surface area contributed by atoms with E-state index in [1.54, 1.807) is 7.11 Å². The number of anilines is 1. The van der Waals surface area contributed by atoms with E-state index >= 15 is 0 Å². The number of nitriles is 1. The summed E-state index contributed by atoms with van der Waals surface area (Å²) in [6.07, 6.45) is 5.17. The van der Waals surface area contributed by atoms with Gasteiger partial charge in [-0.25, -0.2) is 14.6 Å². The van der Waals surface area contributed by atoms with Crippen molar-refractivity contribution >= 4 is 16.7 Å². The van der Waals surface area contributed by atoms with Crippen molar-refractivity contribution in [2.45, 2.75) is 50.3 Å². The van der Waals surface area contributed by atoms with E-state index in [-0.39, 0.29) is 10.8 Å². The van der Waals surface area contributed by atoms with E-state index in [0.717, 1.165) is 80.2 Å². The Labute approximate surface area is 210 Å². The number of aromatic nitrogens is 4. The fraction of sp³-hybridized carbons (Fsp3) is 0.556. The Bertz CT molecular complexity index is 1370. The van der Waals surface area contributed by atoms with Gasteiger partial charge in [0.15, 0.2) is 11.6 Å². The number of ether oxygens (including phenoxy) is 2. The standard InChI is InChI=1S/C27H31N7O2/c1-18-12-32(7-8-33(18)21-13-36-14-21)24-10-25(31-23(30-24)15-35-2)34-22-9-20(4-3-19(22)11-29-34)27(17-28)16-26(27)5-6-26/h3-4,9-11,18,21H,5-8,12-16H2,1-2H3/t18-,27-/m1/s1. The van der Waals surface area contributed by atoms with E-state index < -0.39 is 0 Å². The molecule has 9 heteroatoms. The quantitative estimate of drug-likeness (QED) is 0.526. The van der Waals surface area contributed by atoms with Crippen LogP contribution in [0.2, 0.25) is 0 Å². The van der Waals surface area contributed by atoms with Crippen molar-refractivity contribution in [2.24, 2.45) is 5.41 Å². The lowest BCUT2D eigenvalue weighted by atomic mass is 9.93. The number of fused-ring (bicyclic) bond motifs is 1. The Balaban J connectivity index is 1.24. The van der Waals surface area contributed by atoms with Crippen LogP contribution in [0.15, 0.2) is 30.5 Å². The summed E-state index contributed by atoms with van der Waals surface area (Å²) in [4.78, 5) is 14.5. The second kappa shape index (κ2) is 7.97. The van der Waals surface area contributed by atoms with Gasteiger partial charge in [-0.15, -0.1) is 0 Å². The maximum absolute atomic E-state index is 10.0. The molecule has 0 bridgehead atoms. The highest BCUT2D eigenvalue weighted by Crippen LogP contribution is 2.78. The molecule has 7 rings (SSSR count). The number of nitrogens with zero attached hydrogens (tertiary/aromatic N) is 7. The molecule has 0 unspecified atom stereocenters.